The van der Waals surface area contributed by atoms with Gasteiger partial charge in [-0.05, 0) is 44.9 Å². The molecule has 1 aliphatic rings. The Kier molecular flexibility index (Phi) is 3.66. The summed E-state index contributed by atoms with van der Waals surface area (Å²) < 4.78 is 13.8. The fourth-order valence-electron chi connectivity index (χ4n) is 2.16. The molecule has 0 saturated heterocycles. The molecule has 0 aromatic heterocycles. The van der Waals surface area contributed by atoms with Gasteiger partial charge < -0.3 is 5.11 Å². The summed E-state index contributed by atoms with van der Waals surface area (Å²) in [5.41, 5.74) is 0.546. The number of hydrogen-bond acceptors (Lipinski definition) is 2. The van der Waals surface area contributed by atoms with Gasteiger partial charge in [-0.3, -0.25) is 4.90 Å². The molecule has 0 bridgehead atoms. The first-order chi connectivity index (χ1) is 8.49. The average Bonchev–Trinajstić information content (AvgIpc) is 3.14. The number of carbonyl (C=O) groups is 1. The van der Waals surface area contributed by atoms with E-state index in [1.54, 1.807) is 6.07 Å². The Labute approximate surface area is 106 Å². The molecule has 0 radical (unpaired) electrons. The van der Waals surface area contributed by atoms with Gasteiger partial charge >= 0.3 is 5.97 Å². The van der Waals surface area contributed by atoms with Crippen LogP contribution in [0.4, 0.5) is 4.39 Å². The lowest BCUT2D eigenvalue weighted by Gasteiger charge is -2.24. The van der Waals surface area contributed by atoms with Crippen molar-refractivity contribution in [2.75, 3.05) is 7.05 Å². The van der Waals surface area contributed by atoms with Crippen LogP contribution in [0.5, 0.6) is 0 Å². The zero-order chi connectivity index (χ0) is 13.3. The second kappa shape index (κ2) is 5.06. The van der Waals surface area contributed by atoms with Crippen LogP contribution in [0.1, 0.15) is 35.7 Å². The van der Waals surface area contributed by atoms with Gasteiger partial charge in [0.2, 0.25) is 0 Å². The zero-order valence-electron chi connectivity index (χ0n) is 10.7. The van der Waals surface area contributed by atoms with Crippen molar-refractivity contribution >= 4 is 5.97 Å². The van der Waals surface area contributed by atoms with E-state index in [1.807, 2.05) is 7.05 Å². The number of carboxylic acid groups (broad SMARTS) is 1. The van der Waals surface area contributed by atoms with E-state index in [1.165, 1.54) is 18.9 Å². The number of hydrogen-bond donors (Lipinski definition) is 1. The summed E-state index contributed by atoms with van der Waals surface area (Å²) >= 11 is 0. The zero-order valence-corrected chi connectivity index (χ0v) is 10.7. The smallest absolute Gasteiger partial charge is 0.335 e. The number of benzene rings is 1. The second-order valence-corrected chi connectivity index (χ2v) is 5.10. The molecule has 0 spiro atoms. The molecule has 1 aliphatic carbocycles. The van der Waals surface area contributed by atoms with Gasteiger partial charge in [0.25, 0.3) is 0 Å². The van der Waals surface area contributed by atoms with E-state index in [9.17, 15) is 9.18 Å². The minimum absolute atomic E-state index is 0.00542. The molecule has 18 heavy (non-hydrogen) atoms. The Bertz CT molecular complexity index is 457. The highest BCUT2D eigenvalue weighted by molar-refractivity contribution is 5.87. The van der Waals surface area contributed by atoms with Gasteiger partial charge in [-0.1, -0.05) is 6.07 Å². The first-order valence-electron chi connectivity index (χ1n) is 6.21. The molecular formula is C14H18FNO2. The normalized spacial score (nSPS) is 16.9. The summed E-state index contributed by atoms with van der Waals surface area (Å²) in [5, 5.41) is 8.77. The van der Waals surface area contributed by atoms with Crippen LogP contribution in [0.15, 0.2) is 18.2 Å². The summed E-state index contributed by atoms with van der Waals surface area (Å²) in [5.74, 6) is -0.804. The van der Waals surface area contributed by atoms with Crippen LogP contribution in [-0.2, 0) is 6.54 Å². The Balaban J connectivity index is 2.06. The molecule has 4 heteroatoms. The summed E-state index contributed by atoms with van der Waals surface area (Å²) in [4.78, 5) is 12.8. The SMILES string of the molecule is CC(C1CC1)N(C)Cc1ccc(C(=O)O)cc1F. The standard InChI is InChI=1S/C14H18FNO2/c1-9(10-3-4-10)16(2)8-12-6-5-11(14(17)18)7-13(12)15/h5-7,9-10H,3-4,8H2,1-2H3,(H,17,18). The molecule has 98 valence electrons. The fraction of sp³-hybridized carbons (Fsp3) is 0.500. The molecule has 1 atom stereocenters. The van der Waals surface area contributed by atoms with Gasteiger partial charge in [0.05, 0.1) is 5.56 Å². The molecule has 0 amide bonds. The van der Waals surface area contributed by atoms with Crippen LogP contribution >= 0.6 is 0 Å². The first kappa shape index (κ1) is 13.0. The molecular weight excluding hydrogens is 233 g/mol. The molecule has 1 N–H and O–H groups in total. The highest BCUT2D eigenvalue weighted by atomic mass is 19.1. The van der Waals surface area contributed by atoms with E-state index in [2.05, 4.69) is 11.8 Å². The molecule has 1 aromatic carbocycles. The van der Waals surface area contributed by atoms with Gasteiger partial charge in [0.1, 0.15) is 5.82 Å². The fourth-order valence-corrected chi connectivity index (χ4v) is 2.16. The molecule has 3 nitrogen and oxygen atoms in total. The highest BCUT2D eigenvalue weighted by Gasteiger charge is 2.30. The molecule has 1 saturated carbocycles. The van der Waals surface area contributed by atoms with Crippen molar-refractivity contribution in [2.45, 2.75) is 32.4 Å². The lowest BCUT2D eigenvalue weighted by atomic mass is 10.1. The predicted octanol–water partition coefficient (Wildman–Crippen LogP) is 2.75. The second-order valence-electron chi connectivity index (χ2n) is 5.10. The van der Waals surface area contributed by atoms with Gasteiger partial charge in [-0.2, -0.15) is 0 Å². The quantitative estimate of drug-likeness (QED) is 0.874. The third kappa shape index (κ3) is 2.88. The van der Waals surface area contributed by atoms with Crippen molar-refractivity contribution in [1.29, 1.82) is 0 Å². The van der Waals surface area contributed by atoms with Crippen LogP contribution < -0.4 is 0 Å². The largest absolute Gasteiger partial charge is 0.478 e. The van der Waals surface area contributed by atoms with Crippen LogP contribution in [0, 0.1) is 11.7 Å². The average molecular weight is 251 g/mol. The van der Waals surface area contributed by atoms with Gasteiger partial charge in [0, 0.05) is 18.2 Å². The minimum Gasteiger partial charge on any atom is -0.478 e. The third-order valence-electron chi connectivity index (χ3n) is 3.72. The van der Waals surface area contributed by atoms with Crippen LogP contribution in [0.2, 0.25) is 0 Å². The molecule has 2 rings (SSSR count). The van der Waals surface area contributed by atoms with Crippen molar-refractivity contribution in [3.05, 3.63) is 35.1 Å². The number of rotatable bonds is 5. The van der Waals surface area contributed by atoms with E-state index in [4.69, 9.17) is 5.11 Å². The third-order valence-corrected chi connectivity index (χ3v) is 3.72. The molecule has 1 unspecified atom stereocenters. The number of carboxylic acids is 1. The molecule has 0 aliphatic heterocycles. The topological polar surface area (TPSA) is 40.5 Å². The van der Waals surface area contributed by atoms with Gasteiger partial charge in [-0.25, -0.2) is 9.18 Å². The van der Waals surface area contributed by atoms with Crippen LogP contribution in [0.3, 0.4) is 0 Å². The van der Waals surface area contributed by atoms with Crippen molar-refractivity contribution in [1.82, 2.24) is 4.90 Å². The predicted molar refractivity (Wildman–Crippen MR) is 67.0 cm³/mol. The van der Waals surface area contributed by atoms with Gasteiger partial charge in [-0.15, -0.1) is 0 Å². The Hall–Kier alpha value is -1.42. The Morgan fingerprint density at radius 1 is 1.56 bits per heavy atom. The van der Waals surface area contributed by atoms with Gasteiger partial charge in [0.15, 0.2) is 0 Å². The maximum Gasteiger partial charge on any atom is 0.335 e. The van der Waals surface area contributed by atoms with E-state index in [0.717, 1.165) is 12.0 Å². The van der Waals surface area contributed by atoms with Crippen molar-refractivity contribution in [2.24, 2.45) is 5.92 Å². The maximum atomic E-state index is 13.8. The number of halogens is 1. The Morgan fingerprint density at radius 2 is 2.22 bits per heavy atom. The Morgan fingerprint density at radius 3 is 2.72 bits per heavy atom. The monoisotopic (exact) mass is 251 g/mol. The summed E-state index contributed by atoms with van der Waals surface area (Å²) in [6, 6.07) is 4.56. The lowest BCUT2D eigenvalue weighted by Crippen LogP contribution is -2.30. The molecule has 0 heterocycles. The summed E-state index contributed by atoms with van der Waals surface area (Å²) in [6.07, 6.45) is 2.51. The van der Waals surface area contributed by atoms with Crippen LogP contribution in [0.25, 0.3) is 0 Å². The number of aromatic carboxylic acids is 1. The van der Waals surface area contributed by atoms with Crippen LogP contribution in [-0.4, -0.2) is 29.1 Å². The minimum atomic E-state index is -1.10. The summed E-state index contributed by atoms with van der Waals surface area (Å²) in [7, 11) is 1.98. The summed E-state index contributed by atoms with van der Waals surface area (Å²) in [6.45, 7) is 2.67. The maximum absolute atomic E-state index is 13.8. The van der Waals surface area contributed by atoms with E-state index in [-0.39, 0.29) is 5.56 Å². The van der Waals surface area contributed by atoms with Crippen molar-refractivity contribution in [3.63, 3.8) is 0 Å². The van der Waals surface area contributed by atoms with Crippen molar-refractivity contribution in [3.8, 4) is 0 Å². The first-order valence-corrected chi connectivity index (χ1v) is 6.21. The number of nitrogens with zero attached hydrogens (tertiary/aromatic N) is 1. The molecule has 1 fully saturated rings. The lowest BCUT2D eigenvalue weighted by molar-refractivity contribution is 0.0696. The van der Waals surface area contributed by atoms with E-state index < -0.39 is 11.8 Å². The van der Waals surface area contributed by atoms with E-state index >= 15 is 0 Å². The van der Waals surface area contributed by atoms with Crippen molar-refractivity contribution < 1.29 is 14.3 Å². The molecule has 1 aromatic rings. The van der Waals surface area contributed by atoms with E-state index in [0.29, 0.717) is 18.2 Å². The highest BCUT2D eigenvalue weighted by Crippen LogP contribution is 2.35.